The maximum absolute atomic E-state index is 12.0. The third-order valence-electron chi connectivity index (χ3n) is 2.48. The minimum atomic E-state index is -0.273. The van der Waals surface area contributed by atoms with Crippen molar-refractivity contribution in [1.82, 2.24) is 14.5 Å². The molecule has 94 valence electrons. The zero-order valence-corrected chi connectivity index (χ0v) is 11.2. The van der Waals surface area contributed by atoms with Gasteiger partial charge in [-0.15, -0.1) is 11.3 Å². The van der Waals surface area contributed by atoms with Gasteiger partial charge >= 0.3 is 0 Å². The summed E-state index contributed by atoms with van der Waals surface area (Å²) >= 11 is 1.46. The molecule has 0 spiro atoms. The Kier molecular flexibility index (Phi) is 3.38. The van der Waals surface area contributed by atoms with E-state index in [2.05, 4.69) is 9.97 Å². The molecule has 5 nitrogen and oxygen atoms in total. The number of thiazole rings is 1. The zero-order valence-electron chi connectivity index (χ0n) is 10.4. The number of rotatable bonds is 4. The molecule has 2 heterocycles. The van der Waals surface area contributed by atoms with Gasteiger partial charge in [0, 0.05) is 18.1 Å². The predicted molar refractivity (Wildman–Crippen MR) is 68.1 cm³/mol. The normalized spacial score (nSPS) is 10.6. The Morgan fingerprint density at radius 2 is 2.06 bits per heavy atom. The molecule has 0 atom stereocenters. The lowest BCUT2D eigenvalue weighted by molar-refractivity contribution is 0.0889. The van der Waals surface area contributed by atoms with Crippen molar-refractivity contribution in [2.24, 2.45) is 7.05 Å². The monoisotopic (exact) mass is 263 g/mol. The molecule has 2 aromatic heterocycles. The highest BCUT2D eigenvalue weighted by Gasteiger charge is 2.19. The molecule has 0 saturated heterocycles. The summed E-state index contributed by atoms with van der Waals surface area (Å²) in [4.78, 5) is 32.7. The molecular weight excluding hydrogens is 250 g/mol. The van der Waals surface area contributed by atoms with Crippen LogP contribution < -0.4 is 0 Å². The highest BCUT2D eigenvalue weighted by molar-refractivity contribution is 7.11. The second-order valence-electron chi connectivity index (χ2n) is 4.09. The Bertz CT molecular complexity index is 613. The lowest BCUT2D eigenvalue weighted by Crippen LogP contribution is -2.10. The predicted octanol–water partition coefficient (Wildman–Crippen LogP) is 1.95. The summed E-state index contributed by atoms with van der Waals surface area (Å²) in [5.74, 6) is -0.516. The number of ketones is 2. The summed E-state index contributed by atoms with van der Waals surface area (Å²) in [5, 5.41) is 0.834. The average Bonchev–Trinajstić information content (AvgIpc) is 2.84. The standard InChI is InChI=1S/C12H13N3O2S/c1-7-12(14-8(2)18-7)11(17)4-10(16)9-5-15(3)6-13-9/h5-6H,4H2,1-3H3. The van der Waals surface area contributed by atoms with E-state index in [-0.39, 0.29) is 18.0 Å². The fourth-order valence-corrected chi connectivity index (χ4v) is 2.50. The molecule has 0 N–H and O–H groups in total. The maximum atomic E-state index is 12.0. The highest BCUT2D eigenvalue weighted by atomic mass is 32.1. The van der Waals surface area contributed by atoms with Gasteiger partial charge in [0.15, 0.2) is 11.6 Å². The van der Waals surface area contributed by atoms with Crippen LogP contribution in [0.4, 0.5) is 0 Å². The lowest BCUT2D eigenvalue weighted by atomic mass is 10.1. The molecule has 0 amide bonds. The summed E-state index contributed by atoms with van der Waals surface area (Å²) in [6, 6.07) is 0. The van der Waals surface area contributed by atoms with Crippen LogP contribution >= 0.6 is 11.3 Å². The number of carbonyl (C=O) groups excluding carboxylic acids is 2. The first-order valence-corrected chi connectivity index (χ1v) is 6.27. The molecule has 0 fully saturated rings. The van der Waals surface area contributed by atoms with Gasteiger partial charge in [-0.05, 0) is 13.8 Å². The van der Waals surface area contributed by atoms with Crippen LogP contribution in [-0.4, -0.2) is 26.1 Å². The molecule has 6 heteroatoms. The first-order chi connectivity index (χ1) is 8.47. The Morgan fingerprint density at radius 1 is 1.33 bits per heavy atom. The van der Waals surface area contributed by atoms with Gasteiger partial charge < -0.3 is 4.57 Å². The number of hydrogen-bond donors (Lipinski definition) is 0. The number of Topliss-reactive ketones (excluding diaryl/α,β-unsaturated/α-hetero) is 2. The molecule has 18 heavy (non-hydrogen) atoms. The van der Waals surface area contributed by atoms with E-state index in [1.54, 1.807) is 17.8 Å². The van der Waals surface area contributed by atoms with Crippen molar-refractivity contribution in [2.45, 2.75) is 20.3 Å². The van der Waals surface area contributed by atoms with Gasteiger partial charge in [-0.1, -0.05) is 0 Å². The number of aromatic nitrogens is 3. The van der Waals surface area contributed by atoms with Gasteiger partial charge in [-0.2, -0.15) is 0 Å². The largest absolute Gasteiger partial charge is 0.340 e. The molecule has 0 bridgehead atoms. The van der Waals surface area contributed by atoms with Crippen molar-refractivity contribution in [3.8, 4) is 0 Å². The lowest BCUT2D eigenvalue weighted by Gasteiger charge is -1.96. The van der Waals surface area contributed by atoms with Crippen LogP contribution in [0, 0.1) is 13.8 Å². The van der Waals surface area contributed by atoms with Crippen molar-refractivity contribution in [3.63, 3.8) is 0 Å². The second-order valence-corrected chi connectivity index (χ2v) is 5.49. The first kappa shape index (κ1) is 12.6. The first-order valence-electron chi connectivity index (χ1n) is 5.45. The number of imidazole rings is 1. The smallest absolute Gasteiger partial charge is 0.190 e. The van der Waals surface area contributed by atoms with Crippen molar-refractivity contribution in [1.29, 1.82) is 0 Å². The molecule has 0 saturated carbocycles. The van der Waals surface area contributed by atoms with Crippen LogP contribution in [0.5, 0.6) is 0 Å². The second kappa shape index (κ2) is 4.81. The van der Waals surface area contributed by atoms with Crippen molar-refractivity contribution < 1.29 is 9.59 Å². The Hall–Kier alpha value is -1.82. The van der Waals surface area contributed by atoms with Gasteiger partial charge in [0.2, 0.25) is 0 Å². The summed E-state index contributed by atoms with van der Waals surface area (Å²) in [7, 11) is 1.78. The number of hydrogen-bond acceptors (Lipinski definition) is 5. The molecule has 0 aliphatic heterocycles. The minimum absolute atomic E-state index is 0.180. The Morgan fingerprint density at radius 3 is 2.56 bits per heavy atom. The van der Waals surface area contributed by atoms with E-state index in [0.717, 1.165) is 9.88 Å². The summed E-state index contributed by atoms with van der Waals surface area (Å²) in [6.07, 6.45) is 2.96. The molecule has 0 aromatic carbocycles. The third kappa shape index (κ3) is 2.53. The van der Waals surface area contributed by atoms with E-state index < -0.39 is 0 Å². The van der Waals surface area contributed by atoms with Crippen LogP contribution in [0.3, 0.4) is 0 Å². The summed E-state index contributed by atoms with van der Waals surface area (Å²) in [6.45, 7) is 3.68. The quantitative estimate of drug-likeness (QED) is 0.624. The molecule has 2 aromatic rings. The molecule has 2 rings (SSSR count). The van der Waals surface area contributed by atoms with Crippen LogP contribution in [-0.2, 0) is 7.05 Å². The molecular formula is C12H13N3O2S. The van der Waals surface area contributed by atoms with Crippen LogP contribution in [0.2, 0.25) is 0 Å². The van der Waals surface area contributed by atoms with E-state index in [0.29, 0.717) is 11.4 Å². The number of aryl methyl sites for hydroxylation is 3. The average molecular weight is 263 g/mol. The van der Waals surface area contributed by atoms with E-state index >= 15 is 0 Å². The SMILES string of the molecule is Cc1nc(C(=O)CC(=O)c2cn(C)cn2)c(C)s1. The van der Waals surface area contributed by atoms with Gasteiger partial charge in [-0.25, -0.2) is 9.97 Å². The molecule has 0 aliphatic carbocycles. The van der Waals surface area contributed by atoms with Crippen molar-refractivity contribution >= 4 is 22.9 Å². The maximum Gasteiger partial charge on any atom is 0.190 e. The number of nitrogens with zero attached hydrogens (tertiary/aromatic N) is 3. The van der Waals surface area contributed by atoms with E-state index in [4.69, 9.17) is 0 Å². The summed E-state index contributed by atoms with van der Waals surface area (Å²) in [5.41, 5.74) is 0.720. The van der Waals surface area contributed by atoms with Crippen LogP contribution in [0.25, 0.3) is 0 Å². The van der Waals surface area contributed by atoms with Crippen LogP contribution in [0.15, 0.2) is 12.5 Å². The minimum Gasteiger partial charge on any atom is -0.340 e. The number of carbonyl (C=O) groups is 2. The van der Waals surface area contributed by atoms with Gasteiger partial charge in [0.1, 0.15) is 11.4 Å². The van der Waals surface area contributed by atoms with Gasteiger partial charge in [0.25, 0.3) is 0 Å². The molecule has 0 aliphatic rings. The van der Waals surface area contributed by atoms with E-state index in [1.165, 1.54) is 17.7 Å². The Balaban J connectivity index is 2.13. The topological polar surface area (TPSA) is 64.8 Å². The van der Waals surface area contributed by atoms with Crippen LogP contribution in [0.1, 0.15) is 37.3 Å². The van der Waals surface area contributed by atoms with Gasteiger partial charge in [-0.3, -0.25) is 9.59 Å². The van der Waals surface area contributed by atoms with E-state index in [9.17, 15) is 9.59 Å². The Labute approximate surface area is 108 Å². The molecule has 0 unspecified atom stereocenters. The van der Waals surface area contributed by atoms with Crippen molar-refractivity contribution in [3.05, 3.63) is 33.8 Å². The fraction of sp³-hybridized carbons (Fsp3) is 0.333. The van der Waals surface area contributed by atoms with Gasteiger partial charge in [0.05, 0.1) is 17.8 Å². The fourth-order valence-electron chi connectivity index (χ4n) is 1.66. The highest BCUT2D eigenvalue weighted by Crippen LogP contribution is 2.18. The zero-order chi connectivity index (χ0) is 13.3. The molecule has 0 radical (unpaired) electrons. The summed E-state index contributed by atoms with van der Waals surface area (Å²) < 4.78 is 1.68. The van der Waals surface area contributed by atoms with E-state index in [1.807, 2.05) is 13.8 Å². The third-order valence-corrected chi connectivity index (χ3v) is 3.37. The van der Waals surface area contributed by atoms with Crippen molar-refractivity contribution in [2.75, 3.05) is 0 Å².